The first-order chi connectivity index (χ1) is 13.4. The number of hydrogen-bond donors (Lipinski definition) is 2. The first-order valence-electron chi connectivity index (χ1n) is 8.52. The molecule has 0 aliphatic carbocycles. The van der Waals surface area contributed by atoms with E-state index in [4.69, 9.17) is 0 Å². The van der Waals surface area contributed by atoms with Crippen molar-refractivity contribution in [1.29, 1.82) is 0 Å². The fraction of sp³-hybridized carbons (Fsp3) is 0.0952. The molecule has 1 heterocycles. The van der Waals surface area contributed by atoms with Crippen LogP contribution < -0.4 is 10.6 Å². The topological polar surface area (TPSA) is 78.5 Å². The Balaban J connectivity index is 1.72. The summed E-state index contributed by atoms with van der Waals surface area (Å²) in [5.41, 5.74) is 1.93. The second-order valence-corrected chi connectivity index (χ2v) is 7.19. The summed E-state index contributed by atoms with van der Waals surface area (Å²) in [6, 6.07) is 17.0. The van der Waals surface area contributed by atoms with Gasteiger partial charge in [0.05, 0.1) is 4.88 Å². The van der Waals surface area contributed by atoms with E-state index in [0.29, 0.717) is 27.4 Å². The number of anilines is 2. The maximum Gasteiger partial charge on any atom is 0.265 e. The van der Waals surface area contributed by atoms with Gasteiger partial charge in [-0.25, -0.2) is 0 Å². The Labute approximate surface area is 166 Å². The number of benzene rings is 2. The van der Waals surface area contributed by atoms with Crippen LogP contribution >= 0.6 is 11.3 Å². The van der Waals surface area contributed by atoms with Gasteiger partial charge in [0.15, 0.2) is 0 Å². The second kappa shape index (κ2) is 8.49. The molecule has 0 atom stereocenters. The normalized spacial score (nSPS) is 10.2. The highest BCUT2D eigenvalue weighted by Gasteiger charge is 2.12. The first-order valence-corrected chi connectivity index (χ1v) is 9.40. The lowest BCUT2D eigenvalue weighted by atomic mass is 10.1. The van der Waals surface area contributed by atoms with Crippen molar-refractivity contribution in [2.45, 2.75) is 0 Å². The number of hydrogen-bond acceptors (Lipinski definition) is 4. The third-order valence-corrected chi connectivity index (χ3v) is 4.77. The molecule has 1 aromatic heterocycles. The molecule has 2 N–H and O–H groups in total. The van der Waals surface area contributed by atoms with E-state index in [0.717, 1.165) is 0 Å². The summed E-state index contributed by atoms with van der Waals surface area (Å²) in [5.74, 6) is -0.696. The highest BCUT2D eigenvalue weighted by atomic mass is 32.1. The van der Waals surface area contributed by atoms with Crippen LogP contribution in [0, 0.1) is 0 Å². The van der Waals surface area contributed by atoms with Crippen LogP contribution in [0.3, 0.4) is 0 Å². The van der Waals surface area contributed by atoms with Crippen molar-refractivity contribution in [3.63, 3.8) is 0 Å². The van der Waals surface area contributed by atoms with Crippen LogP contribution in [0.5, 0.6) is 0 Å². The van der Waals surface area contributed by atoms with E-state index in [1.165, 1.54) is 16.2 Å². The predicted octanol–water partition coefficient (Wildman–Crippen LogP) is 3.95. The van der Waals surface area contributed by atoms with E-state index < -0.39 is 0 Å². The van der Waals surface area contributed by atoms with Gasteiger partial charge in [0.2, 0.25) is 0 Å². The molecule has 3 aromatic rings. The summed E-state index contributed by atoms with van der Waals surface area (Å²) in [6.07, 6.45) is 0. The van der Waals surface area contributed by atoms with Crippen LogP contribution in [-0.4, -0.2) is 36.7 Å². The summed E-state index contributed by atoms with van der Waals surface area (Å²) in [5, 5.41) is 7.39. The molecule has 6 nitrogen and oxygen atoms in total. The molecule has 0 saturated carbocycles. The van der Waals surface area contributed by atoms with E-state index in [1.54, 1.807) is 74.8 Å². The van der Waals surface area contributed by atoms with Gasteiger partial charge in [-0.3, -0.25) is 14.4 Å². The smallest absolute Gasteiger partial charge is 0.265 e. The largest absolute Gasteiger partial charge is 0.345 e. The van der Waals surface area contributed by atoms with Crippen molar-refractivity contribution in [2.24, 2.45) is 0 Å². The maximum absolute atomic E-state index is 12.6. The van der Waals surface area contributed by atoms with Gasteiger partial charge in [-0.2, -0.15) is 0 Å². The minimum atomic E-state index is -0.332. The monoisotopic (exact) mass is 393 g/mol. The molecular formula is C21H19N3O3S. The van der Waals surface area contributed by atoms with Crippen LogP contribution in [0.4, 0.5) is 11.4 Å². The van der Waals surface area contributed by atoms with E-state index in [2.05, 4.69) is 10.6 Å². The standard InChI is InChI=1S/C21H19N3O3S/c1-24(2)21(27)15-7-4-9-17(13-15)22-19(25)14-6-3-8-16(12-14)23-20(26)18-10-5-11-28-18/h3-13H,1-2H3,(H,22,25)(H,23,26). The molecule has 2 aromatic carbocycles. The number of rotatable bonds is 5. The van der Waals surface area contributed by atoms with Gasteiger partial charge in [0, 0.05) is 36.6 Å². The fourth-order valence-electron chi connectivity index (χ4n) is 2.53. The fourth-order valence-corrected chi connectivity index (χ4v) is 3.15. The molecule has 0 unspecified atom stereocenters. The predicted molar refractivity (Wildman–Crippen MR) is 111 cm³/mol. The molecule has 0 aliphatic rings. The van der Waals surface area contributed by atoms with Crippen molar-refractivity contribution in [1.82, 2.24) is 4.90 Å². The molecule has 0 spiro atoms. The molecule has 0 aliphatic heterocycles. The molecule has 0 fully saturated rings. The lowest BCUT2D eigenvalue weighted by Gasteiger charge is -2.12. The Hall–Kier alpha value is -3.45. The zero-order valence-electron chi connectivity index (χ0n) is 15.4. The number of thiophene rings is 1. The summed E-state index contributed by atoms with van der Waals surface area (Å²) in [4.78, 5) is 38.9. The van der Waals surface area contributed by atoms with E-state index in [1.807, 2.05) is 5.38 Å². The van der Waals surface area contributed by atoms with E-state index in [-0.39, 0.29) is 17.7 Å². The van der Waals surface area contributed by atoms with Crippen LogP contribution in [0.2, 0.25) is 0 Å². The number of amides is 3. The zero-order valence-corrected chi connectivity index (χ0v) is 16.2. The first kappa shape index (κ1) is 19.3. The minimum absolute atomic E-state index is 0.144. The Kier molecular flexibility index (Phi) is 5.86. The van der Waals surface area contributed by atoms with Gasteiger partial charge >= 0.3 is 0 Å². The molecule has 0 saturated heterocycles. The highest BCUT2D eigenvalue weighted by Crippen LogP contribution is 2.17. The SMILES string of the molecule is CN(C)C(=O)c1cccc(NC(=O)c2cccc(NC(=O)c3cccs3)c2)c1. The molecule has 7 heteroatoms. The number of carbonyl (C=O) groups is 3. The van der Waals surface area contributed by atoms with Crippen molar-refractivity contribution >= 4 is 40.4 Å². The molecule has 28 heavy (non-hydrogen) atoms. The average molecular weight is 393 g/mol. The van der Waals surface area contributed by atoms with Crippen molar-refractivity contribution in [3.8, 4) is 0 Å². The number of nitrogens with zero attached hydrogens (tertiary/aromatic N) is 1. The molecule has 3 amide bonds. The van der Waals surface area contributed by atoms with Crippen molar-refractivity contribution < 1.29 is 14.4 Å². The molecule has 142 valence electrons. The molecule has 3 rings (SSSR count). The Morgan fingerprint density at radius 1 is 0.786 bits per heavy atom. The Bertz CT molecular complexity index is 1010. The van der Waals surface area contributed by atoms with E-state index >= 15 is 0 Å². The quantitative estimate of drug-likeness (QED) is 0.689. The van der Waals surface area contributed by atoms with Gasteiger partial charge < -0.3 is 15.5 Å². The minimum Gasteiger partial charge on any atom is -0.345 e. The van der Waals surface area contributed by atoms with Crippen LogP contribution in [0.25, 0.3) is 0 Å². The van der Waals surface area contributed by atoms with Gasteiger partial charge in [0.1, 0.15) is 0 Å². The third kappa shape index (κ3) is 4.63. The molecular weight excluding hydrogens is 374 g/mol. The average Bonchev–Trinajstić information content (AvgIpc) is 3.22. The van der Waals surface area contributed by atoms with Gasteiger partial charge in [-0.1, -0.05) is 18.2 Å². The lowest BCUT2D eigenvalue weighted by Crippen LogP contribution is -2.22. The zero-order chi connectivity index (χ0) is 20.1. The van der Waals surface area contributed by atoms with Crippen LogP contribution in [-0.2, 0) is 0 Å². The Morgan fingerprint density at radius 2 is 1.39 bits per heavy atom. The van der Waals surface area contributed by atoms with Gasteiger partial charge in [-0.15, -0.1) is 11.3 Å². The summed E-state index contributed by atoms with van der Waals surface area (Å²) >= 11 is 1.35. The maximum atomic E-state index is 12.6. The molecule has 0 bridgehead atoms. The third-order valence-electron chi connectivity index (χ3n) is 3.90. The number of nitrogens with one attached hydrogen (secondary N) is 2. The highest BCUT2D eigenvalue weighted by molar-refractivity contribution is 7.12. The summed E-state index contributed by atoms with van der Waals surface area (Å²) in [7, 11) is 3.34. The van der Waals surface area contributed by atoms with Crippen molar-refractivity contribution in [3.05, 3.63) is 82.0 Å². The van der Waals surface area contributed by atoms with Crippen LogP contribution in [0.1, 0.15) is 30.4 Å². The Morgan fingerprint density at radius 3 is 2.00 bits per heavy atom. The van der Waals surface area contributed by atoms with Gasteiger partial charge in [-0.05, 0) is 47.8 Å². The molecule has 0 radical (unpaired) electrons. The van der Waals surface area contributed by atoms with Gasteiger partial charge in [0.25, 0.3) is 17.7 Å². The number of carbonyl (C=O) groups excluding carboxylic acids is 3. The second-order valence-electron chi connectivity index (χ2n) is 6.25. The summed E-state index contributed by atoms with van der Waals surface area (Å²) < 4.78 is 0. The van der Waals surface area contributed by atoms with E-state index in [9.17, 15) is 14.4 Å². The lowest BCUT2D eigenvalue weighted by molar-refractivity contribution is 0.0827. The van der Waals surface area contributed by atoms with Crippen molar-refractivity contribution in [2.75, 3.05) is 24.7 Å². The summed E-state index contributed by atoms with van der Waals surface area (Å²) in [6.45, 7) is 0. The van der Waals surface area contributed by atoms with Crippen LogP contribution in [0.15, 0.2) is 66.0 Å².